The number of guanidine groups is 1. The lowest BCUT2D eigenvalue weighted by Crippen LogP contribution is -2.40. The Bertz CT molecular complexity index is 521. The van der Waals surface area contributed by atoms with E-state index in [9.17, 15) is 5.11 Å². The lowest BCUT2D eigenvalue weighted by atomic mass is 9.94. The number of nitrogens with one attached hydrogen (secondary N) is 2. The third-order valence-electron chi connectivity index (χ3n) is 3.82. The smallest absolute Gasteiger partial charge is 0.213 e. The van der Waals surface area contributed by atoms with E-state index in [0.29, 0.717) is 24.3 Å². The number of pyridine rings is 1. The van der Waals surface area contributed by atoms with E-state index in [1.807, 2.05) is 26.0 Å². The molecule has 0 aliphatic rings. The van der Waals surface area contributed by atoms with Gasteiger partial charge >= 0.3 is 0 Å². The minimum absolute atomic E-state index is 0. The number of rotatable bonds is 11. The summed E-state index contributed by atoms with van der Waals surface area (Å²) in [4.78, 5) is 8.95. The van der Waals surface area contributed by atoms with Crippen LogP contribution in [0.3, 0.4) is 0 Å². The standard InChI is InChI=1S/C20H36N4O2.HI/c1-6-21-20(23-12-17(9-10-25)11-15(2)3)24-14-18-7-8-19(22-13-18)26-16(4)5;/h7-8,13,15-17,25H,6,9-12,14H2,1-5H3,(H2,21,23,24);1H. The molecule has 0 bridgehead atoms. The molecule has 3 N–H and O–H groups in total. The van der Waals surface area contributed by atoms with Gasteiger partial charge < -0.3 is 20.5 Å². The Kier molecular flexibility index (Phi) is 14.3. The number of hydrogen-bond donors (Lipinski definition) is 3. The van der Waals surface area contributed by atoms with Gasteiger partial charge in [-0.05, 0) is 51.0 Å². The predicted octanol–water partition coefficient (Wildman–Crippen LogP) is 3.59. The highest BCUT2D eigenvalue weighted by Gasteiger charge is 2.11. The maximum Gasteiger partial charge on any atom is 0.213 e. The van der Waals surface area contributed by atoms with E-state index in [1.54, 1.807) is 6.20 Å². The number of nitrogens with zero attached hydrogens (tertiary/aromatic N) is 2. The molecule has 1 atom stereocenters. The van der Waals surface area contributed by atoms with E-state index in [2.05, 4.69) is 41.4 Å². The van der Waals surface area contributed by atoms with Crippen LogP contribution in [0.2, 0.25) is 0 Å². The molecule has 0 aliphatic heterocycles. The van der Waals surface area contributed by atoms with Gasteiger partial charge in [0.25, 0.3) is 0 Å². The Labute approximate surface area is 181 Å². The molecule has 0 amide bonds. The Hall–Kier alpha value is -1.09. The van der Waals surface area contributed by atoms with Crippen LogP contribution in [-0.2, 0) is 6.54 Å². The van der Waals surface area contributed by atoms with Gasteiger partial charge in [-0.25, -0.2) is 9.98 Å². The Morgan fingerprint density at radius 1 is 1.22 bits per heavy atom. The first-order chi connectivity index (χ1) is 12.4. The Morgan fingerprint density at radius 2 is 1.96 bits per heavy atom. The molecular formula is C20H37IN4O2. The van der Waals surface area contributed by atoms with Gasteiger partial charge in [-0.2, -0.15) is 0 Å². The topological polar surface area (TPSA) is 78.8 Å². The molecule has 0 fully saturated rings. The van der Waals surface area contributed by atoms with Crippen molar-refractivity contribution < 1.29 is 9.84 Å². The van der Waals surface area contributed by atoms with Crippen LogP contribution in [0, 0.1) is 11.8 Å². The summed E-state index contributed by atoms with van der Waals surface area (Å²) >= 11 is 0. The molecule has 6 nitrogen and oxygen atoms in total. The maximum absolute atomic E-state index is 9.26. The number of halogens is 1. The second kappa shape index (κ2) is 14.9. The van der Waals surface area contributed by atoms with Gasteiger partial charge in [0.2, 0.25) is 5.88 Å². The largest absolute Gasteiger partial charge is 0.475 e. The first-order valence-electron chi connectivity index (χ1n) is 9.69. The van der Waals surface area contributed by atoms with Crippen molar-refractivity contribution in [3.05, 3.63) is 23.9 Å². The van der Waals surface area contributed by atoms with E-state index in [-0.39, 0.29) is 36.7 Å². The summed E-state index contributed by atoms with van der Waals surface area (Å²) in [5.74, 6) is 2.49. The number of aliphatic imine (C=N–C) groups is 1. The molecule has 7 heteroatoms. The molecule has 0 aromatic carbocycles. The first-order valence-corrected chi connectivity index (χ1v) is 9.69. The van der Waals surface area contributed by atoms with Crippen LogP contribution in [0.25, 0.3) is 0 Å². The molecule has 1 heterocycles. The van der Waals surface area contributed by atoms with Gasteiger partial charge in [0.1, 0.15) is 0 Å². The molecule has 1 aromatic heterocycles. The molecule has 156 valence electrons. The summed E-state index contributed by atoms with van der Waals surface area (Å²) in [5.41, 5.74) is 1.03. The zero-order valence-corrected chi connectivity index (χ0v) is 19.7. The number of hydrogen-bond acceptors (Lipinski definition) is 4. The minimum atomic E-state index is 0. The fourth-order valence-electron chi connectivity index (χ4n) is 2.72. The van der Waals surface area contributed by atoms with Crippen molar-refractivity contribution in [3.8, 4) is 5.88 Å². The van der Waals surface area contributed by atoms with Crippen LogP contribution in [0.1, 0.15) is 53.0 Å². The van der Waals surface area contributed by atoms with Crippen molar-refractivity contribution in [2.45, 2.75) is 60.1 Å². The lowest BCUT2D eigenvalue weighted by Gasteiger charge is -2.20. The lowest BCUT2D eigenvalue weighted by molar-refractivity contribution is 0.232. The highest BCUT2D eigenvalue weighted by Crippen LogP contribution is 2.14. The van der Waals surface area contributed by atoms with Gasteiger partial charge in [0.15, 0.2) is 5.96 Å². The molecule has 1 rings (SSSR count). The molecule has 1 unspecified atom stereocenters. The first kappa shape index (κ1) is 25.9. The van der Waals surface area contributed by atoms with Gasteiger partial charge in [-0.3, -0.25) is 0 Å². The van der Waals surface area contributed by atoms with Crippen molar-refractivity contribution in [1.82, 2.24) is 15.6 Å². The van der Waals surface area contributed by atoms with Gasteiger partial charge in [0, 0.05) is 32.0 Å². The maximum atomic E-state index is 9.26. The fraction of sp³-hybridized carbons (Fsp3) is 0.700. The zero-order valence-electron chi connectivity index (χ0n) is 17.4. The van der Waals surface area contributed by atoms with Crippen LogP contribution in [-0.4, -0.2) is 41.9 Å². The summed E-state index contributed by atoms with van der Waals surface area (Å²) in [5, 5.41) is 15.9. The zero-order chi connectivity index (χ0) is 19.4. The quantitative estimate of drug-likeness (QED) is 0.250. The third-order valence-corrected chi connectivity index (χ3v) is 3.82. The summed E-state index contributed by atoms with van der Waals surface area (Å²) in [6, 6.07) is 3.87. The SMILES string of the molecule is CCNC(=NCc1ccc(OC(C)C)nc1)NCC(CCO)CC(C)C.I. The van der Waals surface area contributed by atoms with Crippen molar-refractivity contribution in [1.29, 1.82) is 0 Å². The number of ether oxygens (including phenoxy) is 1. The van der Waals surface area contributed by atoms with E-state index < -0.39 is 0 Å². The third kappa shape index (κ3) is 12.1. The van der Waals surface area contributed by atoms with E-state index in [1.165, 1.54) is 0 Å². The Balaban J connectivity index is 0.00000676. The number of aliphatic hydroxyl groups is 1. The highest BCUT2D eigenvalue weighted by atomic mass is 127. The van der Waals surface area contributed by atoms with Crippen molar-refractivity contribution in [2.24, 2.45) is 16.8 Å². The van der Waals surface area contributed by atoms with Gasteiger partial charge in [-0.15, -0.1) is 24.0 Å². The van der Waals surface area contributed by atoms with Crippen molar-refractivity contribution in [2.75, 3.05) is 19.7 Å². The number of aliphatic hydroxyl groups excluding tert-OH is 1. The van der Waals surface area contributed by atoms with Crippen molar-refractivity contribution >= 4 is 29.9 Å². The molecular weight excluding hydrogens is 455 g/mol. The van der Waals surface area contributed by atoms with E-state index in [0.717, 1.165) is 37.5 Å². The molecule has 0 aliphatic carbocycles. The van der Waals surface area contributed by atoms with Crippen LogP contribution in [0.5, 0.6) is 5.88 Å². The van der Waals surface area contributed by atoms with Crippen LogP contribution < -0.4 is 15.4 Å². The van der Waals surface area contributed by atoms with Crippen LogP contribution in [0.4, 0.5) is 0 Å². The van der Waals surface area contributed by atoms with Crippen molar-refractivity contribution in [3.63, 3.8) is 0 Å². The molecule has 1 aromatic rings. The van der Waals surface area contributed by atoms with Crippen LogP contribution in [0.15, 0.2) is 23.3 Å². The molecule has 0 saturated carbocycles. The number of aromatic nitrogens is 1. The second-order valence-corrected chi connectivity index (χ2v) is 7.26. The molecule has 0 saturated heterocycles. The monoisotopic (exact) mass is 492 g/mol. The molecule has 0 spiro atoms. The highest BCUT2D eigenvalue weighted by molar-refractivity contribution is 14.0. The Morgan fingerprint density at radius 3 is 2.48 bits per heavy atom. The summed E-state index contributed by atoms with van der Waals surface area (Å²) in [7, 11) is 0. The molecule has 0 radical (unpaired) electrons. The molecule has 27 heavy (non-hydrogen) atoms. The van der Waals surface area contributed by atoms with E-state index in [4.69, 9.17) is 4.74 Å². The summed E-state index contributed by atoms with van der Waals surface area (Å²) in [6.07, 6.45) is 3.83. The van der Waals surface area contributed by atoms with Gasteiger partial charge in [-0.1, -0.05) is 19.9 Å². The van der Waals surface area contributed by atoms with Gasteiger partial charge in [0.05, 0.1) is 12.6 Å². The van der Waals surface area contributed by atoms with Crippen LogP contribution >= 0.6 is 24.0 Å². The minimum Gasteiger partial charge on any atom is -0.475 e. The summed E-state index contributed by atoms with van der Waals surface area (Å²) in [6.45, 7) is 12.8. The normalized spacial score (nSPS) is 12.7. The second-order valence-electron chi connectivity index (χ2n) is 7.26. The average molecular weight is 492 g/mol. The predicted molar refractivity (Wildman–Crippen MR) is 123 cm³/mol. The van der Waals surface area contributed by atoms with E-state index >= 15 is 0 Å². The average Bonchev–Trinajstić information content (AvgIpc) is 2.57. The summed E-state index contributed by atoms with van der Waals surface area (Å²) < 4.78 is 5.56. The fourth-order valence-corrected chi connectivity index (χ4v) is 2.72.